The Balaban J connectivity index is 1.73. The molecule has 31 heavy (non-hydrogen) atoms. The predicted octanol–water partition coefficient (Wildman–Crippen LogP) is 2.38. The number of hydrogen-bond acceptors (Lipinski definition) is 4. The maximum Gasteiger partial charge on any atom is 0.328 e. The molecule has 1 aromatic heterocycles. The van der Waals surface area contributed by atoms with Crippen molar-refractivity contribution in [3.05, 3.63) is 35.5 Å². The summed E-state index contributed by atoms with van der Waals surface area (Å²) >= 11 is 0. The lowest BCUT2D eigenvalue weighted by atomic mass is 9.87. The number of nitrogens with one attached hydrogen (secondary N) is 2. The summed E-state index contributed by atoms with van der Waals surface area (Å²) in [4.78, 5) is 46.4. The van der Waals surface area contributed by atoms with Crippen LogP contribution in [0.4, 0.5) is 4.79 Å². The molecule has 0 bridgehead atoms. The third-order valence-electron chi connectivity index (χ3n) is 6.41. The number of hydrogen-bond donors (Lipinski definition) is 2. The van der Waals surface area contributed by atoms with E-state index < -0.39 is 17.6 Å². The number of aromatic nitrogens is 1. The Kier molecular flexibility index (Phi) is 5.51. The van der Waals surface area contributed by atoms with Gasteiger partial charge >= 0.3 is 6.03 Å². The molecular formula is C23H30N4O4. The zero-order chi connectivity index (χ0) is 22.3. The first-order valence-electron chi connectivity index (χ1n) is 10.8. The number of carbonyl (C=O) groups excluding carboxylic acids is 3. The van der Waals surface area contributed by atoms with E-state index in [1.165, 1.54) is 4.90 Å². The molecule has 2 aliphatic rings. The van der Waals surface area contributed by atoms with Crippen LogP contribution < -0.4 is 5.32 Å². The molecule has 0 saturated carbocycles. The van der Waals surface area contributed by atoms with Crippen molar-refractivity contribution in [1.82, 2.24) is 20.1 Å². The summed E-state index contributed by atoms with van der Waals surface area (Å²) in [5.74, 6) is -0.543. The molecule has 0 spiro atoms. The Labute approximate surface area is 181 Å². The predicted molar refractivity (Wildman–Crippen MR) is 116 cm³/mol. The number of H-pyrrole nitrogens is 1. The van der Waals surface area contributed by atoms with E-state index >= 15 is 0 Å². The van der Waals surface area contributed by atoms with Gasteiger partial charge in [0.15, 0.2) is 5.54 Å². The average molecular weight is 427 g/mol. The molecule has 4 amide bonds. The van der Waals surface area contributed by atoms with Crippen LogP contribution in [0.5, 0.6) is 0 Å². The monoisotopic (exact) mass is 426 g/mol. The summed E-state index contributed by atoms with van der Waals surface area (Å²) in [6.45, 7) is 6.87. The van der Waals surface area contributed by atoms with Crippen molar-refractivity contribution in [3.8, 4) is 0 Å². The molecule has 1 saturated heterocycles. The number of aromatic amines is 1. The Morgan fingerprint density at radius 3 is 2.74 bits per heavy atom. The van der Waals surface area contributed by atoms with Gasteiger partial charge in [-0.25, -0.2) is 9.69 Å². The largest absolute Gasteiger partial charge is 0.383 e. The van der Waals surface area contributed by atoms with Crippen LogP contribution in [0.3, 0.4) is 0 Å². The summed E-state index contributed by atoms with van der Waals surface area (Å²) in [6.07, 6.45) is 1.07. The molecule has 2 aliphatic heterocycles. The highest BCUT2D eigenvalue weighted by Crippen LogP contribution is 2.44. The van der Waals surface area contributed by atoms with Crippen LogP contribution in [-0.4, -0.2) is 65.5 Å². The third kappa shape index (κ3) is 3.29. The van der Waals surface area contributed by atoms with Gasteiger partial charge in [-0.15, -0.1) is 0 Å². The van der Waals surface area contributed by atoms with E-state index in [4.69, 9.17) is 4.74 Å². The Bertz CT molecular complexity index is 1030. The minimum absolute atomic E-state index is 0.132. The minimum atomic E-state index is -1.15. The third-order valence-corrected chi connectivity index (χ3v) is 6.41. The smallest absolute Gasteiger partial charge is 0.328 e. The number of methoxy groups -OCH3 is 1. The highest BCUT2D eigenvalue weighted by molar-refractivity contribution is 6.11. The number of imide groups is 1. The van der Waals surface area contributed by atoms with E-state index in [0.29, 0.717) is 32.5 Å². The molecule has 2 unspecified atom stereocenters. The van der Waals surface area contributed by atoms with E-state index in [2.05, 4.69) is 10.3 Å². The van der Waals surface area contributed by atoms with Crippen molar-refractivity contribution in [2.24, 2.45) is 5.92 Å². The molecule has 1 fully saturated rings. The van der Waals surface area contributed by atoms with Gasteiger partial charge in [-0.3, -0.25) is 9.59 Å². The van der Waals surface area contributed by atoms with Crippen molar-refractivity contribution < 1.29 is 19.1 Å². The molecule has 8 heteroatoms. The maximum atomic E-state index is 13.8. The number of rotatable bonds is 7. The van der Waals surface area contributed by atoms with Crippen LogP contribution in [0.1, 0.15) is 38.4 Å². The molecule has 1 aromatic carbocycles. The second kappa shape index (κ2) is 8.00. The van der Waals surface area contributed by atoms with Gasteiger partial charge in [0, 0.05) is 31.1 Å². The zero-order valence-corrected chi connectivity index (χ0v) is 18.5. The van der Waals surface area contributed by atoms with E-state index in [0.717, 1.165) is 22.2 Å². The molecule has 2 atom stereocenters. The van der Waals surface area contributed by atoms with E-state index in [-0.39, 0.29) is 17.7 Å². The molecule has 4 rings (SSSR count). The van der Waals surface area contributed by atoms with Crippen LogP contribution in [0.25, 0.3) is 10.9 Å². The van der Waals surface area contributed by atoms with Gasteiger partial charge in [-0.2, -0.15) is 0 Å². The van der Waals surface area contributed by atoms with E-state index in [1.807, 2.05) is 38.1 Å². The standard InChI is InChI=1S/C23H30N4O4/c1-14(2)13-18(20(28)24-10-12-31-4)27-21(29)23(3)19-16(9-11-26(23)22(27)30)15-7-5-6-8-17(15)25-19/h5-8,14,18,25H,9-13H2,1-4H3,(H,24,28). The summed E-state index contributed by atoms with van der Waals surface area (Å²) in [5, 5.41) is 3.88. The van der Waals surface area contributed by atoms with Crippen LogP contribution in [0.2, 0.25) is 0 Å². The van der Waals surface area contributed by atoms with Crippen LogP contribution in [0, 0.1) is 5.92 Å². The molecule has 2 N–H and O–H groups in total. The van der Waals surface area contributed by atoms with E-state index in [9.17, 15) is 14.4 Å². The fourth-order valence-corrected chi connectivity index (χ4v) is 4.86. The molecule has 8 nitrogen and oxygen atoms in total. The highest BCUT2D eigenvalue weighted by Gasteiger charge is 2.60. The van der Waals surface area contributed by atoms with Crippen LogP contribution in [0.15, 0.2) is 24.3 Å². The van der Waals surface area contributed by atoms with Crippen molar-refractivity contribution in [1.29, 1.82) is 0 Å². The van der Waals surface area contributed by atoms with Gasteiger partial charge in [-0.1, -0.05) is 32.0 Å². The van der Waals surface area contributed by atoms with Crippen molar-refractivity contribution in [2.75, 3.05) is 26.8 Å². The highest BCUT2D eigenvalue weighted by atomic mass is 16.5. The Morgan fingerprint density at radius 1 is 1.29 bits per heavy atom. The topological polar surface area (TPSA) is 94.7 Å². The average Bonchev–Trinajstić information content (AvgIpc) is 3.21. The first-order chi connectivity index (χ1) is 14.8. The number of fused-ring (bicyclic) bond motifs is 5. The first kappa shape index (κ1) is 21.4. The molecule has 3 heterocycles. The molecule has 0 radical (unpaired) electrons. The van der Waals surface area contributed by atoms with Crippen molar-refractivity contribution in [3.63, 3.8) is 0 Å². The van der Waals surface area contributed by atoms with Gasteiger partial charge in [0.2, 0.25) is 5.91 Å². The number of amides is 4. The fourth-order valence-electron chi connectivity index (χ4n) is 4.86. The summed E-state index contributed by atoms with van der Waals surface area (Å²) in [6, 6.07) is 6.68. The van der Waals surface area contributed by atoms with Crippen LogP contribution >= 0.6 is 0 Å². The van der Waals surface area contributed by atoms with Gasteiger partial charge in [0.25, 0.3) is 5.91 Å². The Hall–Kier alpha value is -2.87. The van der Waals surface area contributed by atoms with Gasteiger partial charge in [-0.05, 0) is 37.3 Å². The lowest BCUT2D eigenvalue weighted by Gasteiger charge is -2.36. The first-order valence-corrected chi connectivity index (χ1v) is 10.8. The molecule has 166 valence electrons. The summed E-state index contributed by atoms with van der Waals surface area (Å²) < 4.78 is 5.01. The number of ether oxygens (including phenoxy) is 1. The number of para-hydroxylation sites is 1. The van der Waals surface area contributed by atoms with Gasteiger partial charge in [0.1, 0.15) is 6.04 Å². The number of carbonyl (C=O) groups is 3. The SMILES string of the molecule is COCCNC(=O)C(CC(C)C)N1C(=O)N2CCc3c([nH]c4ccccc34)C2(C)C1=O. The Morgan fingerprint density at radius 2 is 2.03 bits per heavy atom. The van der Waals surface area contributed by atoms with Gasteiger partial charge in [0.05, 0.1) is 12.3 Å². The quantitative estimate of drug-likeness (QED) is 0.525. The van der Waals surface area contributed by atoms with Crippen molar-refractivity contribution >= 4 is 28.7 Å². The van der Waals surface area contributed by atoms with Crippen LogP contribution in [-0.2, 0) is 26.3 Å². The van der Waals surface area contributed by atoms with E-state index in [1.54, 1.807) is 18.9 Å². The second-order valence-electron chi connectivity index (χ2n) is 8.88. The second-order valence-corrected chi connectivity index (χ2v) is 8.88. The zero-order valence-electron chi connectivity index (χ0n) is 18.5. The van der Waals surface area contributed by atoms with Gasteiger partial charge < -0.3 is 19.9 Å². The fraction of sp³-hybridized carbons (Fsp3) is 0.522. The summed E-state index contributed by atoms with van der Waals surface area (Å²) in [7, 11) is 1.56. The lowest BCUT2D eigenvalue weighted by Crippen LogP contribution is -2.51. The number of benzene rings is 1. The summed E-state index contributed by atoms with van der Waals surface area (Å²) in [5.41, 5.74) is 1.63. The molecule has 2 aromatic rings. The maximum absolute atomic E-state index is 13.8. The number of urea groups is 1. The van der Waals surface area contributed by atoms with Crippen molar-refractivity contribution in [2.45, 2.75) is 45.2 Å². The molecule has 0 aliphatic carbocycles. The molecular weight excluding hydrogens is 396 g/mol. The lowest BCUT2D eigenvalue weighted by molar-refractivity contribution is -0.140. The normalized spacial score (nSPS) is 21.6. The minimum Gasteiger partial charge on any atom is -0.383 e. The number of nitrogens with zero attached hydrogens (tertiary/aromatic N) is 2.